The molecule has 0 radical (unpaired) electrons. The van der Waals surface area contributed by atoms with Crippen LogP contribution < -0.4 is 4.74 Å². The first-order valence-electron chi connectivity index (χ1n) is 7.56. The van der Waals surface area contributed by atoms with Gasteiger partial charge in [-0.05, 0) is 18.6 Å². The molecule has 0 aliphatic rings. The summed E-state index contributed by atoms with van der Waals surface area (Å²) >= 11 is 12.3. The van der Waals surface area contributed by atoms with Crippen molar-refractivity contribution in [2.75, 3.05) is 13.2 Å². The molecule has 0 atom stereocenters. The van der Waals surface area contributed by atoms with Crippen LogP contribution in [0.15, 0.2) is 47.4 Å². The lowest BCUT2D eigenvalue weighted by atomic mass is 10.2. The standard InChI is InChI=1S/C17H19Cl2NO3S/c1-3-20(12-13-8-6-5-7-9-13)24(21,22)17-11-14(18)16(23-4-2)10-15(17)19/h5-11H,3-4,12H2,1-2H3. The SMILES string of the molecule is CCOc1cc(Cl)c(S(=O)(=O)N(CC)Cc2ccccc2)cc1Cl. The van der Waals surface area contributed by atoms with Gasteiger partial charge in [0.25, 0.3) is 0 Å². The van der Waals surface area contributed by atoms with E-state index in [-0.39, 0.29) is 21.5 Å². The third kappa shape index (κ3) is 4.22. The van der Waals surface area contributed by atoms with Crippen molar-refractivity contribution in [1.29, 1.82) is 0 Å². The molecule has 0 heterocycles. The van der Waals surface area contributed by atoms with Gasteiger partial charge in [-0.3, -0.25) is 0 Å². The molecular formula is C17H19Cl2NO3S. The van der Waals surface area contributed by atoms with Crippen molar-refractivity contribution < 1.29 is 13.2 Å². The normalized spacial score (nSPS) is 11.7. The van der Waals surface area contributed by atoms with Gasteiger partial charge in [0.2, 0.25) is 10.0 Å². The number of halogens is 2. The largest absolute Gasteiger partial charge is 0.492 e. The second-order valence-corrected chi connectivity index (χ2v) is 7.78. The Bertz CT molecular complexity index is 795. The molecule has 2 rings (SSSR count). The van der Waals surface area contributed by atoms with Gasteiger partial charge in [0.1, 0.15) is 10.6 Å². The molecule has 0 spiro atoms. The summed E-state index contributed by atoms with van der Waals surface area (Å²) in [5.74, 6) is 0.370. The summed E-state index contributed by atoms with van der Waals surface area (Å²) in [5.41, 5.74) is 0.899. The first kappa shape index (κ1) is 19.1. The number of sulfonamides is 1. The number of hydrogen-bond acceptors (Lipinski definition) is 3. The highest BCUT2D eigenvalue weighted by Crippen LogP contribution is 2.35. The van der Waals surface area contributed by atoms with E-state index in [0.717, 1.165) is 5.56 Å². The van der Waals surface area contributed by atoms with Gasteiger partial charge in [0, 0.05) is 19.2 Å². The Hall–Kier alpha value is -1.27. The maximum Gasteiger partial charge on any atom is 0.244 e. The fourth-order valence-corrected chi connectivity index (χ4v) is 4.51. The third-order valence-electron chi connectivity index (χ3n) is 3.46. The van der Waals surface area contributed by atoms with E-state index in [1.807, 2.05) is 37.3 Å². The molecule has 4 nitrogen and oxygen atoms in total. The molecule has 0 saturated heterocycles. The van der Waals surface area contributed by atoms with Crippen LogP contribution in [0.4, 0.5) is 0 Å². The van der Waals surface area contributed by atoms with Crippen LogP contribution in [0.5, 0.6) is 5.75 Å². The average Bonchev–Trinajstić information content (AvgIpc) is 2.56. The van der Waals surface area contributed by atoms with Gasteiger partial charge in [0.05, 0.1) is 16.7 Å². The van der Waals surface area contributed by atoms with E-state index < -0.39 is 10.0 Å². The lowest BCUT2D eigenvalue weighted by Gasteiger charge is -2.22. The first-order valence-corrected chi connectivity index (χ1v) is 9.75. The quantitative estimate of drug-likeness (QED) is 0.696. The van der Waals surface area contributed by atoms with Crippen LogP contribution in [0.1, 0.15) is 19.4 Å². The molecule has 0 aromatic heterocycles. The summed E-state index contributed by atoms with van der Waals surface area (Å²) < 4.78 is 32.6. The number of benzene rings is 2. The second-order valence-electron chi connectivity index (χ2n) is 5.06. The maximum absolute atomic E-state index is 13.0. The summed E-state index contributed by atoms with van der Waals surface area (Å²) in [4.78, 5) is -0.0181. The molecule has 130 valence electrons. The van der Waals surface area contributed by atoms with Gasteiger partial charge >= 0.3 is 0 Å². The van der Waals surface area contributed by atoms with Crippen LogP contribution >= 0.6 is 23.2 Å². The number of rotatable bonds is 7. The Balaban J connectivity index is 2.39. The summed E-state index contributed by atoms with van der Waals surface area (Å²) in [6.07, 6.45) is 0. The fraction of sp³-hybridized carbons (Fsp3) is 0.294. The molecule has 0 aliphatic carbocycles. The maximum atomic E-state index is 13.0. The van der Waals surface area contributed by atoms with Crippen molar-refractivity contribution in [3.8, 4) is 5.75 Å². The Morgan fingerprint density at radius 2 is 1.71 bits per heavy atom. The van der Waals surface area contributed by atoms with Crippen LogP contribution in [0.25, 0.3) is 0 Å². The van der Waals surface area contributed by atoms with E-state index in [4.69, 9.17) is 27.9 Å². The Kier molecular flexibility index (Phi) is 6.52. The zero-order valence-corrected chi connectivity index (χ0v) is 15.8. The molecule has 2 aromatic carbocycles. The highest BCUT2D eigenvalue weighted by Gasteiger charge is 2.27. The number of hydrogen-bond donors (Lipinski definition) is 0. The first-order chi connectivity index (χ1) is 11.4. The van der Waals surface area contributed by atoms with Gasteiger partial charge in [-0.25, -0.2) is 8.42 Å². The van der Waals surface area contributed by atoms with E-state index in [1.165, 1.54) is 16.4 Å². The average molecular weight is 388 g/mol. The van der Waals surface area contributed by atoms with Crippen molar-refractivity contribution >= 4 is 33.2 Å². The molecule has 0 amide bonds. The molecule has 24 heavy (non-hydrogen) atoms. The van der Waals surface area contributed by atoms with E-state index in [0.29, 0.717) is 18.9 Å². The van der Waals surface area contributed by atoms with E-state index in [2.05, 4.69) is 0 Å². The molecular weight excluding hydrogens is 369 g/mol. The zero-order chi connectivity index (χ0) is 17.7. The van der Waals surface area contributed by atoms with E-state index >= 15 is 0 Å². The minimum atomic E-state index is -3.77. The van der Waals surface area contributed by atoms with Crippen molar-refractivity contribution in [2.24, 2.45) is 0 Å². The summed E-state index contributed by atoms with van der Waals surface area (Å²) in [7, 11) is -3.77. The van der Waals surface area contributed by atoms with Gasteiger partial charge < -0.3 is 4.74 Å². The highest BCUT2D eigenvalue weighted by molar-refractivity contribution is 7.89. The van der Waals surface area contributed by atoms with Gasteiger partial charge in [-0.15, -0.1) is 0 Å². The lowest BCUT2D eigenvalue weighted by Crippen LogP contribution is -2.30. The van der Waals surface area contributed by atoms with Crippen LogP contribution in [-0.4, -0.2) is 25.9 Å². The van der Waals surface area contributed by atoms with Crippen molar-refractivity contribution in [1.82, 2.24) is 4.31 Å². The summed E-state index contributed by atoms with van der Waals surface area (Å²) in [5, 5.41) is 0.310. The van der Waals surface area contributed by atoms with Gasteiger partial charge in [-0.1, -0.05) is 60.5 Å². The van der Waals surface area contributed by atoms with Crippen molar-refractivity contribution in [2.45, 2.75) is 25.3 Å². The Labute approximate surface area is 153 Å². The molecule has 0 saturated carbocycles. The summed E-state index contributed by atoms with van der Waals surface area (Å²) in [6, 6.07) is 12.2. The van der Waals surface area contributed by atoms with Gasteiger partial charge in [0.15, 0.2) is 0 Å². The molecule has 0 unspecified atom stereocenters. The molecule has 7 heteroatoms. The minimum Gasteiger partial charge on any atom is -0.492 e. The Morgan fingerprint density at radius 1 is 1.04 bits per heavy atom. The number of ether oxygens (including phenoxy) is 1. The van der Waals surface area contributed by atoms with Crippen LogP contribution in [0, 0.1) is 0 Å². The highest BCUT2D eigenvalue weighted by atomic mass is 35.5. The van der Waals surface area contributed by atoms with Crippen LogP contribution in [0.3, 0.4) is 0 Å². The van der Waals surface area contributed by atoms with Crippen molar-refractivity contribution in [3.63, 3.8) is 0 Å². The van der Waals surface area contributed by atoms with Crippen LogP contribution in [0.2, 0.25) is 10.0 Å². The molecule has 2 aromatic rings. The monoisotopic (exact) mass is 387 g/mol. The minimum absolute atomic E-state index is 0.0181. The fourth-order valence-electron chi connectivity index (χ4n) is 2.27. The van der Waals surface area contributed by atoms with Crippen molar-refractivity contribution in [3.05, 3.63) is 58.1 Å². The molecule has 0 fully saturated rings. The predicted molar refractivity (Wildman–Crippen MR) is 97.3 cm³/mol. The predicted octanol–water partition coefficient (Wildman–Crippen LogP) is 4.60. The zero-order valence-electron chi connectivity index (χ0n) is 13.5. The van der Waals surface area contributed by atoms with Gasteiger partial charge in [-0.2, -0.15) is 4.31 Å². The van der Waals surface area contributed by atoms with E-state index in [1.54, 1.807) is 6.92 Å². The molecule has 0 N–H and O–H groups in total. The second kappa shape index (κ2) is 8.21. The van der Waals surface area contributed by atoms with E-state index in [9.17, 15) is 8.42 Å². The Morgan fingerprint density at radius 3 is 2.29 bits per heavy atom. The number of nitrogens with zero attached hydrogens (tertiary/aromatic N) is 1. The molecule has 0 aliphatic heterocycles. The lowest BCUT2D eigenvalue weighted by molar-refractivity contribution is 0.340. The molecule has 0 bridgehead atoms. The topological polar surface area (TPSA) is 46.6 Å². The smallest absolute Gasteiger partial charge is 0.244 e. The van der Waals surface area contributed by atoms with Crippen LogP contribution in [-0.2, 0) is 16.6 Å². The third-order valence-corrected chi connectivity index (χ3v) is 6.14. The summed E-state index contributed by atoms with van der Waals surface area (Å²) in [6.45, 7) is 4.59.